The third-order valence-corrected chi connectivity index (χ3v) is 4.59. The van der Waals surface area contributed by atoms with E-state index in [1.807, 2.05) is 0 Å². The maximum absolute atomic E-state index is 12.4. The minimum absolute atomic E-state index is 0.0399. The SMILES string of the molecule is O=C1OC(c2cccc(Cl)c2)=NC1=Cc1cccc(OC(=O)c2cccc([N+](=O)[O-])c2)c1. The summed E-state index contributed by atoms with van der Waals surface area (Å²) >= 11 is 5.97. The van der Waals surface area contributed by atoms with Crippen LogP contribution in [0.5, 0.6) is 5.75 Å². The molecule has 9 heteroatoms. The lowest BCUT2D eigenvalue weighted by Gasteiger charge is -2.05. The number of halogens is 1. The minimum atomic E-state index is -0.750. The number of carbonyl (C=O) groups excluding carboxylic acids is 2. The number of benzene rings is 3. The van der Waals surface area contributed by atoms with E-state index in [4.69, 9.17) is 21.1 Å². The van der Waals surface area contributed by atoms with Gasteiger partial charge < -0.3 is 9.47 Å². The van der Waals surface area contributed by atoms with Gasteiger partial charge in [-0.25, -0.2) is 14.6 Å². The van der Waals surface area contributed by atoms with Gasteiger partial charge in [0.15, 0.2) is 5.70 Å². The van der Waals surface area contributed by atoms with Crippen molar-refractivity contribution in [3.63, 3.8) is 0 Å². The zero-order valence-corrected chi connectivity index (χ0v) is 17.0. The molecule has 0 unspecified atom stereocenters. The monoisotopic (exact) mass is 448 g/mol. The van der Waals surface area contributed by atoms with Gasteiger partial charge in [0.05, 0.1) is 10.5 Å². The predicted octanol–water partition coefficient (Wildman–Crippen LogP) is 4.81. The van der Waals surface area contributed by atoms with E-state index < -0.39 is 16.9 Å². The number of ether oxygens (including phenoxy) is 2. The number of nitrogens with zero attached hydrogens (tertiary/aromatic N) is 2. The zero-order valence-electron chi connectivity index (χ0n) is 16.2. The molecule has 0 fully saturated rings. The number of rotatable bonds is 5. The number of nitro benzene ring substituents is 1. The quantitative estimate of drug-likeness (QED) is 0.182. The first-order valence-electron chi connectivity index (χ1n) is 9.24. The van der Waals surface area contributed by atoms with Crippen LogP contribution < -0.4 is 4.74 Å². The van der Waals surface area contributed by atoms with Gasteiger partial charge in [-0.05, 0) is 48.0 Å². The number of esters is 2. The third-order valence-electron chi connectivity index (χ3n) is 4.36. The summed E-state index contributed by atoms with van der Waals surface area (Å²) in [6, 6.07) is 18.4. The summed E-state index contributed by atoms with van der Waals surface area (Å²) in [6.45, 7) is 0. The molecular formula is C23H13ClN2O6. The van der Waals surface area contributed by atoms with Crippen LogP contribution in [0.25, 0.3) is 6.08 Å². The zero-order chi connectivity index (χ0) is 22.7. The number of non-ortho nitro benzene ring substituents is 1. The van der Waals surface area contributed by atoms with Crippen molar-refractivity contribution in [2.75, 3.05) is 0 Å². The average molecular weight is 449 g/mol. The summed E-state index contributed by atoms with van der Waals surface area (Å²) in [7, 11) is 0. The molecule has 0 saturated carbocycles. The Kier molecular flexibility index (Phi) is 5.78. The second-order valence-corrected chi connectivity index (χ2v) is 7.05. The number of carbonyl (C=O) groups is 2. The molecule has 32 heavy (non-hydrogen) atoms. The topological polar surface area (TPSA) is 108 Å². The van der Waals surface area contributed by atoms with E-state index in [2.05, 4.69) is 4.99 Å². The summed E-state index contributed by atoms with van der Waals surface area (Å²) in [4.78, 5) is 39.1. The molecule has 0 aliphatic carbocycles. The molecule has 1 aliphatic heterocycles. The number of aliphatic imine (C=N–C) groups is 1. The van der Waals surface area contributed by atoms with Crippen LogP contribution in [0, 0.1) is 10.1 Å². The second kappa shape index (κ2) is 8.83. The molecule has 1 aliphatic rings. The van der Waals surface area contributed by atoms with Gasteiger partial charge in [0.2, 0.25) is 5.90 Å². The third kappa shape index (κ3) is 4.71. The lowest BCUT2D eigenvalue weighted by Crippen LogP contribution is -2.08. The molecule has 0 N–H and O–H groups in total. The normalized spacial score (nSPS) is 14.1. The van der Waals surface area contributed by atoms with Crippen LogP contribution in [0.1, 0.15) is 21.5 Å². The van der Waals surface area contributed by atoms with Gasteiger partial charge in [0.1, 0.15) is 5.75 Å². The standard InChI is InChI=1S/C23H13ClN2O6/c24-17-7-2-5-15(12-17)21-25-20(23(28)32-21)11-14-4-1-9-19(10-14)31-22(27)16-6-3-8-18(13-16)26(29)30/h1-13H. The summed E-state index contributed by atoms with van der Waals surface area (Å²) in [5.41, 5.74) is 0.998. The Bertz CT molecular complexity index is 1320. The molecule has 1 heterocycles. The number of hydrogen-bond acceptors (Lipinski definition) is 7. The fraction of sp³-hybridized carbons (Fsp3) is 0. The number of hydrogen-bond donors (Lipinski definition) is 0. The molecule has 3 aromatic rings. The van der Waals surface area contributed by atoms with Crippen LogP contribution in [-0.2, 0) is 9.53 Å². The Hall–Kier alpha value is -4.30. The van der Waals surface area contributed by atoms with E-state index in [-0.39, 0.29) is 28.6 Å². The van der Waals surface area contributed by atoms with Crippen LogP contribution in [0.15, 0.2) is 83.5 Å². The largest absolute Gasteiger partial charge is 0.423 e. The van der Waals surface area contributed by atoms with Crippen molar-refractivity contribution < 1.29 is 24.0 Å². The lowest BCUT2D eigenvalue weighted by atomic mass is 10.1. The van der Waals surface area contributed by atoms with Gasteiger partial charge in [-0.15, -0.1) is 0 Å². The highest BCUT2D eigenvalue weighted by atomic mass is 35.5. The molecule has 0 saturated heterocycles. The van der Waals surface area contributed by atoms with E-state index in [0.717, 1.165) is 6.07 Å². The molecule has 8 nitrogen and oxygen atoms in total. The summed E-state index contributed by atoms with van der Waals surface area (Å²) in [5, 5.41) is 11.4. The molecule has 0 amide bonds. The van der Waals surface area contributed by atoms with E-state index in [9.17, 15) is 19.7 Å². The Morgan fingerprint density at radius 3 is 2.62 bits per heavy atom. The molecule has 0 atom stereocenters. The molecule has 3 aromatic carbocycles. The highest BCUT2D eigenvalue weighted by molar-refractivity contribution is 6.31. The van der Waals surface area contributed by atoms with Crippen LogP contribution in [0.3, 0.4) is 0 Å². The van der Waals surface area contributed by atoms with Crippen molar-refractivity contribution in [1.29, 1.82) is 0 Å². The first-order valence-corrected chi connectivity index (χ1v) is 9.62. The maximum Gasteiger partial charge on any atom is 0.363 e. The van der Waals surface area contributed by atoms with Crippen molar-refractivity contribution >= 4 is 41.2 Å². The molecule has 0 radical (unpaired) electrons. The van der Waals surface area contributed by atoms with Crippen LogP contribution in [0.2, 0.25) is 5.02 Å². The molecular weight excluding hydrogens is 436 g/mol. The Morgan fingerprint density at radius 2 is 1.84 bits per heavy atom. The lowest BCUT2D eigenvalue weighted by molar-refractivity contribution is -0.384. The second-order valence-electron chi connectivity index (χ2n) is 6.62. The van der Waals surface area contributed by atoms with Crippen molar-refractivity contribution in [3.8, 4) is 5.75 Å². The maximum atomic E-state index is 12.4. The van der Waals surface area contributed by atoms with Gasteiger partial charge in [0.25, 0.3) is 5.69 Å². The molecule has 0 bridgehead atoms. The summed E-state index contributed by atoms with van der Waals surface area (Å²) in [6.07, 6.45) is 1.49. The van der Waals surface area contributed by atoms with Crippen LogP contribution in [-0.4, -0.2) is 22.8 Å². The van der Waals surface area contributed by atoms with Gasteiger partial charge >= 0.3 is 11.9 Å². The summed E-state index contributed by atoms with van der Waals surface area (Å²) < 4.78 is 10.5. The highest BCUT2D eigenvalue weighted by Crippen LogP contribution is 2.23. The van der Waals surface area contributed by atoms with Crippen LogP contribution in [0.4, 0.5) is 5.69 Å². The molecule has 4 rings (SSSR count). The van der Waals surface area contributed by atoms with E-state index in [0.29, 0.717) is 16.1 Å². The Balaban J connectivity index is 1.55. The first-order chi connectivity index (χ1) is 15.4. The molecule has 0 aromatic heterocycles. The Labute approximate surface area is 186 Å². The Morgan fingerprint density at radius 1 is 1.06 bits per heavy atom. The number of nitro groups is 1. The van der Waals surface area contributed by atoms with Crippen molar-refractivity contribution in [1.82, 2.24) is 0 Å². The number of cyclic esters (lactones) is 1. The summed E-state index contributed by atoms with van der Waals surface area (Å²) in [5.74, 6) is -1.04. The molecule has 158 valence electrons. The van der Waals surface area contributed by atoms with Gasteiger partial charge in [-0.2, -0.15) is 0 Å². The predicted molar refractivity (Wildman–Crippen MR) is 117 cm³/mol. The average Bonchev–Trinajstić information content (AvgIpc) is 3.14. The van der Waals surface area contributed by atoms with Crippen molar-refractivity contribution in [2.24, 2.45) is 4.99 Å². The van der Waals surface area contributed by atoms with Gasteiger partial charge in [-0.3, -0.25) is 10.1 Å². The van der Waals surface area contributed by atoms with Gasteiger partial charge in [-0.1, -0.05) is 35.9 Å². The fourth-order valence-electron chi connectivity index (χ4n) is 2.89. The van der Waals surface area contributed by atoms with E-state index in [1.54, 1.807) is 42.5 Å². The van der Waals surface area contributed by atoms with Crippen molar-refractivity contribution in [3.05, 3.63) is 110 Å². The van der Waals surface area contributed by atoms with Crippen molar-refractivity contribution in [2.45, 2.75) is 0 Å². The highest BCUT2D eigenvalue weighted by Gasteiger charge is 2.24. The minimum Gasteiger partial charge on any atom is -0.423 e. The smallest absolute Gasteiger partial charge is 0.363 e. The van der Waals surface area contributed by atoms with E-state index >= 15 is 0 Å². The molecule has 0 spiro atoms. The van der Waals surface area contributed by atoms with Gasteiger partial charge in [0, 0.05) is 22.7 Å². The van der Waals surface area contributed by atoms with Crippen LogP contribution >= 0.6 is 11.6 Å². The fourth-order valence-corrected chi connectivity index (χ4v) is 3.08. The van der Waals surface area contributed by atoms with E-state index in [1.165, 1.54) is 30.3 Å². The first kappa shape index (κ1) is 21.0.